The van der Waals surface area contributed by atoms with Crippen LogP contribution in [-0.4, -0.2) is 23.5 Å². The Morgan fingerprint density at radius 3 is 1.58 bits per heavy atom. The molecule has 0 rings (SSSR count). The second kappa shape index (κ2) is 20.3. The summed E-state index contributed by atoms with van der Waals surface area (Å²) in [5, 5.41) is 12.1. The molecule has 0 saturated heterocycles. The van der Waals surface area contributed by atoms with Crippen molar-refractivity contribution in [1.82, 2.24) is 0 Å². The lowest BCUT2D eigenvalue weighted by atomic mass is 10.1. The van der Waals surface area contributed by atoms with Gasteiger partial charge < -0.3 is 9.94 Å². The third kappa shape index (κ3) is 16.4. The predicted octanol–water partition coefficient (Wildman–Crippen LogP) is 7.03. The largest absolute Gasteiger partial charge is 0.461 e. The highest BCUT2D eigenvalue weighted by Gasteiger charge is 2.13. The minimum Gasteiger partial charge on any atom is -0.461 e. The molecule has 0 aromatic heterocycles. The molecule has 0 fully saturated rings. The van der Waals surface area contributed by atoms with Gasteiger partial charge in [-0.25, -0.2) is 4.79 Å². The second-order valence-electron chi connectivity index (χ2n) is 7.38. The van der Waals surface area contributed by atoms with Crippen LogP contribution in [-0.2, 0) is 9.53 Å². The third-order valence-corrected chi connectivity index (χ3v) is 4.85. The Morgan fingerprint density at radius 1 is 0.692 bits per heavy atom. The van der Waals surface area contributed by atoms with Gasteiger partial charge in [0.1, 0.15) is 0 Å². The first-order valence-electron chi connectivity index (χ1n) is 11.1. The zero-order valence-corrected chi connectivity index (χ0v) is 17.4. The molecule has 0 aromatic carbocycles. The lowest BCUT2D eigenvalue weighted by Gasteiger charge is -2.06. The predicted molar refractivity (Wildman–Crippen MR) is 110 cm³/mol. The van der Waals surface area contributed by atoms with Crippen LogP contribution in [0.1, 0.15) is 123 Å². The van der Waals surface area contributed by atoms with Gasteiger partial charge in [0.15, 0.2) is 5.71 Å². The van der Waals surface area contributed by atoms with E-state index in [9.17, 15) is 4.79 Å². The zero-order valence-electron chi connectivity index (χ0n) is 17.4. The highest BCUT2D eigenvalue weighted by atomic mass is 16.5. The molecule has 154 valence electrons. The highest BCUT2D eigenvalue weighted by molar-refractivity contribution is 6.36. The number of carbonyl (C=O) groups is 1. The molecule has 26 heavy (non-hydrogen) atoms. The lowest BCUT2D eigenvalue weighted by molar-refractivity contribution is -0.136. The van der Waals surface area contributed by atoms with Crippen LogP contribution in [0.4, 0.5) is 0 Å². The van der Waals surface area contributed by atoms with Crippen molar-refractivity contribution in [3.05, 3.63) is 0 Å². The van der Waals surface area contributed by atoms with Gasteiger partial charge in [0.25, 0.3) is 0 Å². The maximum atomic E-state index is 11.9. The Hall–Kier alpha value is -1.06. The molecule has 0 aromatic rings. The van der Waals surface area contributed by atoms with Crippen LogP contribution in [0, 0.1) is 0 Å². The monoisotopic (exact) mass is 369 g/mol. The topological polar surface area (TPSA) is 58.9 Å². The van der Waals surface area contributed by atoms with E-state index in [-0.39, 0.29) is 5.71 Å². The van der Waals surface area contributed by atoms with E-state index in [1.807, 2.05) is 0 Å². The van der Waals surface area contributed by atoms with Gasteiger partial charge in [0, 0.05) is 6.42 Å². The SMILES string of the molecule is CCCCCCCCCCCCOC(=O)C(CCCCCCCC)=NO. The van der Waals surface area contributed by atoms with Gasteiger partial charge in [0.05, 0.1) is 6.61 Å². The Kier molecular flexibility index (Phi) is 19.4. The van der Waals surface area contributed by atoms with Gasteiger partial charge in [-0.1, -0.05) is 109 Å². The average Bonchev–Trinajstić information content (AvgIpc) is 2.65. The maximum Gasteiger partial charge on any atom is 0.356 e. The van der Waals surface area contributed by atoms with E-state index in [2.05, 4.69) is 19.0 Å². The maximum absolute atomic E-state index is 11.9. The van der Waals surface area contributed by atoms with Crippen LogP contribution < -0.4 is 0 Å². The van der Waals surface area contributed by atoms with E-state index < -0.39 is 5.97 Å². The molecular weight excluding hydrogens is 326 g/mol. The molecule has 0 spiro atoms. The molecule has 0 radical (unpaired) electrons. The minimum absolute atomic E-state index is 0.174. The van der Waals surface area contributed by atoms with Crippen LogP contribution >= 0.6 is 0 Å². The number of ether oxygens (including phenoxy) is 1. The summed E-state index contributed by atoms with van der Waals surface area (Å²) in [4.78, 5) is 11.9. The number of oxime groups is 1. The Morgan fingerprint density at radius 2 is 1.12 bits per heavy atom. The third-order valence-electron chi connectivity index (χ3n) is 4.85. The number of rotatable bonds is 19. The molecular formula is C22H43NO3. The van der Waals surface area contributed by atoms with Crippen molar-refractivity contribution in [2.24, 2.45) is 5.16 Å². The molecule has 0 heterocycles. The van der Waals surface area contributed by atoms with Gasteiger partial charge in [-0.15, -0.1) is 0 Å². The van der Waals surface area contributed by atoms with Gasteiger partial charge in [0.2, 0.25) is 0 Å². The summed E-state index contributed by atoms with van der Waals surface area (Å²) in [6.07, 6.45) is 20.0. The smallest absolute Gasteiger partial charge is 0.356 e. The van der Waals surface area contributed by atoms with E-state index >= 15 is 0 Å². The number of nitrogens with zero attached hydrogens (tertiary/aromatic N) is 1. The molecule has 0 bridgehead atoms. The van der Waals surface area contributed by atoms with Crippen molar-refractivity contribution < 1.29 is 14.7 Å². The molecule has 0 aliphatic carbocycles. The van der Waals surface area contributed by atoms with E-state index in [1.165, 1.54) is 77.0 Å². The number of hydrogen-bond donors (Lipinski definition) is 1. The molecule has 0 amide bonds. The fourth-order valence-electron chi connectivity index (χ4n) is 3.10. The van der Waals surface area contributed by atoms with Crippen LogP contribution in [0.5, 0.6) is 0 Å². The van der Waals surface area contributed by atoms with E-state index in [0.29, 0.717) is 13.0 Å². The average molecular weight is 370 g/mol. The van der Waals surface area contributed by atoms with Crippen molar-refractivity contribution in [2.45, 2.75) is 123 Å². The molecule has 0 saturated carbocycles. The van der Waals surface area contributed by atoms with Gasteiger partial charge in [-0.3, -0.25) is 0 Å². The summed E-state index contributed by atoms with van der Waals surface area (Å²) in [7, 11) is 0. The first-order chi connectivity index (χ1) is 12.8. The van der Waals surface area contributed by atoms with Crippen LogP contribution in [0.25, 0.3) is 0 Å². The standard InChI is InChI=1S/C22H43NO3/c1-3-5-7-9-11-12-13-14-16-18-20-26-22(24)21(23-25)19-17-15-10-8-6-4-2/h25H,3-20H2,1-2H3. The van der Waals surface area contributed by atoms with Crippen LogP contribution in [0.15, 0.2) is 5.16 Å². The van der Waals surface area contributed by atoms with E-state index in [4.69, 9.17) is 9.94 Å². The van der Waals surface area contributed by atoms with Crippen LogP contribution in [0.2, 0.25) is 0 Å². The van der Waals surface area contributed by atoms with Crippen molar-refractivity contribution in [2.75, 3.05) is 6.61 Å². The van der Waals surface area contributed by atoms with Crippen molar-refractivity contribution >= 4 is 11.7 Å². The summed E-state index contributed by atoms with van der Waals surface area (Å²) in [5.74, 6) is -0.447. The number of unbranched alkanes of at least 4 members (excludes halogenated alkanes) is 14. The molecule has 1 N–H and O–H groups in total. The van der Waals surface area contributed by atoms with Crippen LogP contribution in [0.3, 0.4) is 0 Å². The summed E-state index contributed by atoms with van der Waals surface area (Å²) in [6.45, 7) is 4.88. The number of hydrogen-bond acceptors (Lipinski definition) is 4. The summed E-state index contributed by atoms with van der Waals surface area (Å²) >= 11 is 0. The quantitative estimate of drug-likeness (QED) is 0.0873. The van der Waals surface area contributed by atoms with Crippen molar-refractivity contribution in [3.8, 4) is 0 Å². The van der Waals surface area contributed by atoms with Crippen molar-refractivity contribution in [3.63, 3.8) is 0 Å². The minimum atomic E-state index is -0.447. The first kappa shape index (κ1) is 24.9. The van der Waals surface area contributed by atoms with E-state index in [0.717, 1.165) is 25.7 Å². The lowest BCUT2D eigenvalue weighted by Crippen LogP contribution is -2.18. The van der Waals surface area contributed by atoms with Crippen molar-refractivity contribution in [1.29, 1.82) is 0 Å². The summed E-state index contributed by atoms with van der Waals surface area (Å²) < 4.78 is 5.23. The number of esters is 1. The zero-order chi connectivity index (χ0) is 19.3. The second-order valence-corrected chi connectivity index (χ2v) is 7.38. The summed E-state index contributed by atoms with van der Waals surface area (Å²) in [6, 6.07) is 0. The first-order valence-corrected chi connectivity index (χ1v) is 11.1. The van der Waals surface area contributed by atoms with E-state index in [1.54, 1.807) is 0 Å². The molecule has 0 aliphatic heterocycles. The Balaban J connectivity index is 3.49. The Labute approximate surface area is 161 Å². The summed E-state index contributed by atoms with van der Waals surface area (Å²) in [5.41, 5.74) is 0.174. The molecule has 0 atom stereocenters. The molecule has 0 aliphatic rings. The number of carbonyl (C=O) groups excluding carboxylic acids is 1. The fourth-order valence-corrected chi connectivity index (χ4v) is 3.10. The van der Waals surface area contributed by atoms with Gasteiger partial charge in [-0.05, 0) is 12.8 Å². The molecule has 4 nitrogen and oxygen atoms in total. The molecule has 4 heteroatoms. The highest BCUT2D eigenvalue weighted by Crippen LogP contribution is 2.11. The normalized spacial score (nSPS) is 11.7. The fraction of sp³-hybridized carbons (Fsp3) is 0.909. The van der Waals surface area contributed by atoms with Gasteiger partial charge >= 0.3 is 5.97 Å². The Bertz CT molecular complexity index is 342. The molecule has 0 unspecified atom stereocenters. The van der Waals surface area contributed by atoms with Gasteiger partial charge in [-0.2, -0.15) is 0 Å².